The number of carbonyl (C=O) groups excluding carboxylic acids is 1. The number of nitrogens with two attached hydrogens (primary N) is 1. The largest absolute Gasteiger partial charge is 0.369 e. The molecule has 15 heavy (non-hydrogen) atoms. The Morgan fingerprint density at radius 1 is 1.67 bits per heavy atom. The van der Waals surface area contributed by atoms with E-state index in [9.17, 15) is 9.59 Å². The summed E-state index contributed by atoms with van der Waals surface area (Å²) in [5.74, 6) is -0.434. The fourth-order valence-electron chi connectivity index (χ4n) is 0.991. The molecular formula is C10H9N3O2. The van der Waals surface area contributed by atoms with Crippen LogP contribution in [0.4, 0.5) is 0 Å². The van der Waals surface area contributed by atoms with Gasteiger partial charge < -0.3 is 10.7 Å². The molecule has 1 rings (SSSR count). The number of nitrogens with zero attached hydrogens (tertiary/aromatic N) is 1. The van der Waals surface area contributed by atoms with Crippen LogP contribution in [0.2, 0.25) is 0 Å². The van der Waals surface area contributed by atoms with Gasteiger partial charge in [0.25, 0.3) is 5.56 Å². The molecule has 1 aromatic rings. The summed E-state index contributed by atoms with van der Waals surface area (Å²) < 4.78 is 0. The summed E-state index contributed by atoms with van der Waals surface area (Å²) in [5, 5.41) is 8.59. The minimum Gasteiger partial charge on any atom is -0.369 e. The molecule has 1 heterocycles. The lowest BCUT2D eigenvalue weighted by molar-refractivity contribution is -0.117. The second-order valence-corrected chi connectivity index (χ2v) is 2.86. The molecule has 0 atom stereocenters. The summed E-state index contributed by atoms with van der Waals surface area (Å²) in [6, 6.07) is 3.21. The van der Waals surface area contributed by atoms with Crippen LogP contribution in [-0.2, 0) is 4.79 Å². The topological polar surface area (TPSA) is 99.7 Å². The second-order valence-electron chi connectivity index (χ2n) is 2.86. The highest BCUT2D eigenvalue weighted by molar-refractivity contribution is 5.76. The van der Waals surface area contributed by atoms with E-state index < -0.39 is 11.5 Å². The molecule has 0 aliphatic carbocycles. The van der Waals surface area contributed by atoms with Gasteiger partial charge in [-0.3, -0.25) is 9.59 Å². The molecule has 76 valence electrons. The van der Waals surface area contributed by atoms with E-state index in [0.29, 0.717) is 5.56 Å². The van der Waals surface area contributed by atoms with E-state index in [-0.39, 0.29) is 12.0 Å². The Hall–Kier alpha value is -2.35. The molecule has 0 aromatic carbocycles. The van der Waals surface area contributed by atoms with Gasteiger partial charge in [-0.25, -0.2) is 0 Å². The molecule has 0 fully saturated rings. The van der Waals surface area contributed by atoms with Crippen molar-refractivity contribution in [2.24, 2.45) is 5.73 Å². The number of nitriles is 1. The van der Waals surface area contributed by atoms with Gasteiger partial charge in [-0.15, -0.1) is 0 Å². The summed E-state index contributed by atoms with van der Waals surface area (Å²) in [6.45, 7) is 0. The first-order chi connectivity index (χ1) is 7.13. The zero-order valence-corrected chi connectivity index (χ0v) is 7.86. The quantitative estimate of drug-likeness (QED) is 0.730. The van der Waals surface area contributed by atoms with Crippen LogP contribution in [0.1, 0.15) is 17.5 Å². The van der Waals surface area contributed by atoms with Crippen molar-refractivity contribution in [1.82, 2.24) is 4.98 Å². The number of hydrogen-bond donors (Lipinski definition) is 2. The fraction of sp³-hybridized carbons (Fsp3) is 0.100. The number of pyridine rings is 1. The minimum atomic E-state index is -0.434. The van der Waals surface area contributed by atoms with Crippen molar-refractivity contribution < 1.29 is 4.79 Å². The Labute approximate surface area is 85.8 Å². The zero-order chi connectivity index (χ0) is 11.3. The predicted octanol–water partition coefficient (Wildman–Crippen LogP) is 0.135. The third kappa shape index (κ3) is 3.12. The van der Waals surface area contributed by atoms with Crippen LogP contribution in [0.5, 0.6) is 0 Å². The third-order valence-corrected chi connectivity index (χ3v) is 1.68. The van der Waals surface area contributed by atoms with Crippen LogP contribution >= 0.6 is 0 Å². The molecule has 0 aliphatic heterocycles. The number of amides is 1. The standard InChI is InChI=1S/C10H9N3O2/c11-5-8-4-7(6-13-10(8)15)2-1-3-9(12)14/h1-2,4,6H,3H2,(H2,12,14)(H,13,15). The molecule has 0 radical (unpaired) electrons. The molecule has 3 N–H and O–H groups in total. The maximum Gasteiger partial charge on any atom is 0.265 e. The first-order valence-corrected chi connectivity index (χ1v) is 4.21. The third-order valence-electron chi connectivity index (χ3n) is 1.68. The van der Waals surface area contributed by atoms with Crippen molar-refractivity contribution >= 4 is 12.0 Å². The van der Waals surface area contributed by atoms with Crippen LogP contribution in [0.3, 0.4) is 0 Å². The number of H-pyrrole nitrogens is 1. The molecule has 1 amide bonds. The Kier molecular flexibility index (Phi) is 3.41. The van der Waals surface area contributed by atoms with E-state index in [2.05, 4.69) is 4.98 Å². The van der Waals surface area contributed by atoms with Crippen LogP contribution in [0.25, 0.3) is 6.08 Å². The van der Waals surface area contributed by atoms with Gasteiger partial charge in [-0.1, -0.05) is 12.2 Å². The van der Waals surface area contributed by atoms with Crippen LogP contribution in [0.15, 0.2) is 23.1 Å². The summed E-state index contributed by atoms with van der Waals surface area (Å²) in [7, 11) is 0. The number of hydrogen-bond acceptors (Lipinski definition) is 3. The molecule has 0 saturated heterocycles. The normalized spacial score (nSPS) is 10.1. The Morgan fingerprint density at radius 3 is 3.00 bits per heavy atom. The number of aromatic nitrogens is 1. The first-order valence-electron chi connectivity index (χ1n) is 4.21. The number of nitrogens with one attached hydrogen (secondary N) is 1. The molecule has 0 bridgehead atoms. The molecule has 0 aliphatic rings. The van der Waals surface area contributed by atoms with Crippen LogP contribution < -0.4 is 11.3 Å². The Balaban J connectivity index is 2.89. The van der Waals surface area contributed by atoms with Gasteiger partial charge in [0.05, 0.1) is 0 Å². The molecule has 0 saturated carbocycles. The smallest absolute Gasteiger partial charge is 0.265 e. The summed E-state index contributed by atoms with van der Waals surface area (Å²) in [6.07, 6.45) is 4.76. The van der Waals surface area contributed by atoms with Crippen molar-refractivity contribution in [3.05, 3.63) is 39.8 Å². The Morgan fingerprint density at radius 2 is 2.40 bits per heavy atom. The van der Waals surface area contributed by atoms with E-state index in [1.54, 1.807) is 18.2 Å². The summed E-state index contributed by atoms with van der Waals surface area (Å²) in [4.78, 5) is 23.8. The highest BCUT2D eigenvalue weighted by Gasteiger charge is 1.97. The van der Waals surface area contributed by atoms with Gasteiger partial charge in [0.1, 0.15) is 11.6 Å². The van der Waals surface area contributed by atoms with Gasteiger partial charge in [-0.05, 0) is 11.6 Å². The summed E-state index contributed by atoms with van der Waals surface area (Å²) >= 11 is 0. The van der Waals surface area contributed by atoms with Crippen LogP contribution in [-0.4, -0.2) is 10.9 Å². The van der Waals surface area contributed by atoms with E-state index in [1.807, 2.05) is 0 Å². The molecule has 1 aromatic heterocycles. The first kappa shape index (κ1) is 10.7. The number of aromatic amines is 1. The predicted molar refractivity (Wildman–Crippen MR) is 54.6 cm³/mol. The Bertz CT molecular complexity index is 494. The monoisotopic (exact) mass is 203 g/mol. The van der Waals surface area contributed by atoms with Crippen molar-refractivity contribution in [2.75, 3.05) is 0 Å². The van der Waals surface area contributed by atoms with Crippen molar-refractivity contribution in [1.29, 1.82) is 5.26 Å². The minimum absolute atomic E-state index is 0.0382. The average Bonchev–Trinajstić information content (AvgIpc) is 2.20. The molecule has 0 unspecified atom stereocenters. The van der Waals surface area contributed by atoms with Gasteiger partial charge in [0.15, 0.2) is 0 Å². The number of primary amides is 1. The van der Waals surface area contributed by atoms with Crippen molar-refractivity contribution in [2.45, 2.75) is 6.42 Å². The second kappa shape index (κ2) is 4.77. The molecule has 0 spiro atoms. The lowest BCUT2D eigenvalue weighted by atomic mass is 10.2. The molecule has 5 nitrogen and oxygen atoms in total. The van der Waals surface area contributed by atoms with E-state index >= 15 is 0 Å². The SMILES string of the molecule is N#Cc1cc(C=CCC(N)=O)c[nH]c1=O. The van der Waals surface area contributed by atoms with Gasteiger partial charge in [0.2, 0.25) is 5.91 Å². The highest BCUT2D eigenvalue weighted by Crippen LogP contribution is 2.01. The van der Waals surface area contributed by atoms with E-state index in [0.717, 1.165) is 0 Å². The maximum atomic E-state index is 11.0. The highest BCUT2D eigenvalue weighted by atomic mass is 16.1. The van der Waals surface area contributed by atoms with Crippen molar-refractivity contribution in [3.63, 3.8) is 0 Å². The lowest BCUT2D eigenvalue weighted by Gasteiger charge is -1.93. The lowest BCUT2D eigenvalue weighted by Crippen LogP contribution is -2.09. The van der Waals surface area contributed by atoms with E-state index in [4.69, 9.17) is 11.0 Å². The van der Waals surface area contributed by atoms with Gasteiger partial charge >= 0.3 is 0 Å². The van der Waals surface area contributed by atoms with E-state index in [1.165, 1.54) is 12.3 Å². The number of rotatable bonds is 3. The average molecular weight is 203 g/mol. The van der Waals surface area contributed by atoms with Crippen LogP contribution in [0, 0.1) is 11.3 Å². The zero-order valence-electron chi connectivity index (χ0n) is 7.86. The van der Waals surface area contributed by atoms with Gasteiger partial charge in [0, 0.05) is 12.6 Å². The van der Waals surface area contributed by atoms with Gasteiger partial charge in [-0.2, -0.15) is 5.26 Å². The number of carbonyl (C=O) groups is 1. The summed E-state index contributed by atoms with van der Waals surface area (Å²) in [5.41, 5.74) is 5.19. The van der Waals surface area contributed by atoms with Crippen molar-refractivity contribution in [3.8, 4) is 6.07 Å². The molecular weight excluding hydrogens is 194 g/mol. The fourth-order valence-corrected chi connectivity index (χ4v) is 0.991. The molecule has 5 heteroatoms. The maximum absolute atomic E-state index is 11.0.